The van der Waals surface area contributed by atoms with E-state index in [4.69, 9.17) is 16.0 Å². The predicted molar refractivity (Wildman–Crippen MR) is 80.6 cm³/mol. The largest absolute Gasteiger partial charge is 0.430 e. The monoisotopic (exact) mass is 359 g/mol. The first kappa shape index (κ1) is 16.0. The summed E-state index contributed by atoms with van der Waals surface area (Å²) in [4.78, 5) is 4.10. The van der Waals surface area contributed by atoms with Gasteiger partial charge in [-0.1, -0.05) is 23.7 Å². The SMILES string of the molecule is O=S(Cc1ccc(C(F)(F)F)cc1)c1nc2cc(Cl)ccc2o1. The topological polar surface area (TPSA) is 43.1 Å². The molecular formula is C15H9ClF3NO2S. The Labute approximate surface area is 136 Å². The summed E-state index contributed by atoms with van der Waals surface area (Å²) in [5.41, 5.74) is 0.679. The normalized spacial score (nSPS) is 13.4. The van der Waals surface area contributed by atoms with Crippen molar-refractivity contribution in [3.63, 3.8) is 0 Å². The van der Waals surface area contributed by atoms with Crippen molar-refractivity contribution in [2.45, 2.75) is 17.2 Å². The van der Waals surface area contributed by atoms with Crippen LogP contribution in [0.3, 0.4) is 0 Å². The van der Waals surface area contributed by atoms with E-state index in [9.17, 15) is 17.4 Å². The molecule has 0 bridgehead atoms. The van der Waals surface area contributed by atoms with Gasteiger partial charge in [-0.05, 0) is 35.9 Å². The molecule has 3 nitrogen and oxygen atoms in total. The zero-order chi connectivity index (χ0) is 16.6. The Bertz CT molecular complexity index is 875. The molecule has 2 aromatic carbocycles. The third-order valence-electron chi connectivity index (χ3n) is 3.10. The molecular weight excluding hydrogens is 351 g/mol. The van der Waals surface area contributed by atoms with Crippen molar-refractivity contribution in [1.29, 1.82) is 0 Å². The molecule has 0 fully saturated rings. The van der Waals surface area contributed by atoms with Crippen LogP contribution < -0.4 is 0 Å². The van der Waals surface area contributed by atoms with Gasteiger partial charge in [-0.15, -0.1) is 0 Å². The molecule has 120 valence electrons. The van der Waals surface area contributed by atoms with Crippen LogP contribution in [0.1, 0.15) is 11.1 Å². The van der Waals surface area contributed by atoms with Crippen LogP contribution in [0.4, 0.5) is 13.2 Å². The van der Waals surface area contributed by atoms with Gasteiger partial charge in [0.25, 0.3) is 5.22 Å². The van der Waals surface area contributed by atoms with Crippen LogP contribution in [-0.2, 0) is 22.7 Å². The number of aromatic nitrogens is 1. The molecule has 0 amide bonds. The molecule has 3 rings (SSSR count). The molecule has 0 saturated carbocycles. The molecule has 0 spiro atoms. The van der Waals surface area contributed by atoms with Crippen LogP contribution in [-0.4, -0.2) is 9.19 Å². The fraction of sp³-hybridized carbons (Fsp3) is 0.133. The zero-order valence-corrected chi connectivity index (χ0v) is 13.0. The summed E-state index contributed by atoms with van der Waals surface area (Å²) in [6.07, 6.45) is -4.39. The van der Waals surface area contributed by atoms with Crippen LogP contribution in [0.5, 0.6) is 0 Å². The Hall–Kier alpha value is -1.86. The van der Waals surface area contributed by atoms with Crippen LogP contribution >= 0.6 is 11.6 Å². The van der Waals surface area contributed by atoms with E-state index in [0.717, 1.165) is 12.1 Å². The van der Waals surface area contributed by atoms with E-state index in [-0.39, 0.29) is 11.0 Å². The Morgan fingerprint density at radius 2 is 1.83 bits per heavy atom. The minimum Gasteiger partial charge on any atom is -0.430 e. The molecule has 1 aromatic heterocycles. The quantitative estimate of drug-likeness (QED) is 0.674. The average Bonchev–Trinajstić information content (AvgIpc) is 2.90. The number of benzene rings is 2. The first-order valence-corrected chi connectivity index (χ1v) is 8.13. The summed E-state index contributed by atoms with van der Waals surface area (Å²) in [7, 11) is -1.60. The van der Waals surface area contributed by atoms with Gasteiger partial charge < -0.3 is 4.42 Å². The molecule has 1 heterocycles. The maximum atomic E-state index is 12.5. The highest BCUT2D eigenvalue weighted by Crippen LogP contribution is 2.29. The van der Waals surface area contributed by atoms with Crippen LogP contribution in [0.2, 0.25) is 5.02 Å². The molecule has 0 aliphatic carbocycles. The lowest BCUT2D eigenvalue weighted by Gasteiger charge is -2.06. The van der Waals surface area contributed by atoms with Gasteiger partial charge in [-0.3, -0.25) is 0 Å². The summed E-state index contributed by atoms with van der Waals surface area (Å²) in [5.74, 6) is 0.0126. The lowest BCUT2D eigenvalue weighted by Crippen LogP contribution is -2.05. The van der Waals surface area contributed by atoms with Crippen molar-refractivity contribution < 1.29 is 21.8 Å². The third kappa shape index (κ3) is 3.56. The Morgan fingerprint density at radius 1 is 1.13 bits per heavy atom. The summed E-state index contributed by atoms with van der Waals surface area (Å²) in [6, 6.07) is 9.32. The highest BCUT2D eigenvalue weighted by atomic mass is 35.5. The molecule has 1 unspecified atom stereocenters. The highest BCUT2D eigenvalue weighted by molar-refractivity contribution is 7.84. The maximum Gasteiger partial charge on any atom is 0.416 e. The molecule has 0 radical (unpaired) electrons. The molecule has 0 aliphatic heterocycles. The van der Waals surface area contributed by atoms with E-state index in [1.165, 1.54) is 12.1 Å². The van der Waals surface area contributed by atoms with E-state index < -0.39 is 22.5 Å². The molecule has 0 saturated heterocycles. The Morgan fingerprint density at radius 3 is 2.48 bits per heavy atom. The van der Waals surface area contributed by atoms with Gasteiger partial charge in [-0.2, -0.15) is 13.2 Å². The van der Waals surface area contributed by atoms with Gasteiger partial charge >= 0.3 is 6.18 Å². The van der Waals surface area contributed by atoms with Crippen molar-refractivity contribution in [3.05, 3.63) is 58.6 Å². The zero-order valence-electron chi connectivity index (χ0n) is 11.4. The first-order valence-electron chi connectivity index (χ1n) is 6.43. The second-order valence-electron chi connectivity index (χ2n) is 4.78. The molecule has 3 aromatic rings. The van der Waals surface area contributed by atoms with Gasteiger partial charge in [0.1, 0.15) is 16.3 Å². The van der Waals surface area contributed by atoms with Crippen LogP contribution in [0, 0.1) is 0 Å². The number of nitrogens with zero attached hydrogens (tertiary/aromatic N) is 1. The maximum absolute atomic E-state index is 12.5. The lowest BCUT2D eigenvalue weighted by atomic mass is 10.1. The van der Waals surface area contributed by atoms with Crippen molar-refractivity contribution >= 4 is 33.5 Å². The number of fused-ring (bicyclic) bond motifs is 1. The minimum absolute atomic E-state index is 0.0126. The second-order valence-corrected chi connectivity index (χ2v) is 6.54. The average molecular weight is 360 g/mol. The van der Waals surface area contributed by atoms with Crippen molar-refractivity contribution in [3.8, 4) is 0 Å². The van der Waals surface area contributed by atoms with Gasteiger partial charge in [0, 0.05) is 5.02 Å². The summed E-state index contributed by atoms with van der Waals surface area (Å²) >= 11 is 5.84. The number of oxazole rings is 1. The smallest absolute Gasteiger partial charge is 0.416 e. The van der Waals surface area contributed by atoms with Crippen molar-refractivity contribution in [2.75, 3.05) is 0 Å². The number of halogens is 4. The number of hydrogen-bond donors (Lipinski definition) is 0. The van der Waals surface area contributed by atoms with Gasteiger partial charge in [0.05, 0.1) is 11.3 Å². The van der Waals surface area contributed by atoms with Crippen LogP contribution in [0.15, 0.2) is 52.1 Å². The Balaban J connectivity index is 1.80. The molecule has 0 aliphatic rings. The van der Waals surface area contributed by atoms with E-state index in [0.29, 0.717) is 21.7 Å². The van der Waals surface area contributed by atoms with E-state index in [2.05, 4.69) is 4.98 Å². The fourth-order valence-electron chi connectivity index (χ4n) is 1.98. The fourth-order valence-corrected chi connectivity index (χ4v) is 3.15. The molecule has 8 heteroatoms. The van der Waals surface area contributed by atoms with E-state index >= 15 is 0 Å². The molecule has 23 heavy (non-hydrogen) atoms. The highest BCUT2D eigenvalue weighted by Gasteiger charge is 2.30. The van der Waals surface area contributed by atoms with Gasteiger partial charge in [-0.25, -0.2) is 9.19 Å². The van der Waals surface area contributed by atoms with Crippen molar-refractivity contribution in [2.24, 2.45) is 0 Å². The Kier molecular flexibility index (Phi) is 4.16. The van der Waals surface area contributed by atoms with Gasteiger partial charge in [0.2, 0.25) is 0 Å². The summed E-state index contributed by atoms with van der Waals surface area (Å²) in [6.45, 7) is 0. The van der Waals surface area contributed by atoms with Crippen molar-refractivity contribution in [1.82, 2.24) is 4.98 Å². The predicted octanol–water partition coefficient (Wildman–Crippen LogP) is 4.81. The summed E-state index contributed by atoms with van der Waals surface area (Å²) in [5, 5.41) is 0.494. The molecule has 0 N–H and O–H groups in total. The number of alkyl halides is 3. The number of rotatable bonds is 3. The standard InChI is InChI=1S/C15H9ClF3NO2S/c16-11-5-6-13-12(7-11)20-14(22-13)23(21)8-9-1-3-10(4-2-9)15(17,18)19/h1-7H,8H2. The lowest BCUT2D eigenvalue weighted by molar-refractivity contribution is -0.137. The first-order chi connectivity index (χ1) is 10.8. The van der Waals surface area contributed by atoms with E-state index in [1.54, 1.807) is 18.2 Å². The van der Waals surface area contributed by atoms with E-state index in [1.807, 2.05) is 0 Å². The molecule has 1 atom stereocenters. The van der Waals surface area contributed by atoms with Gasteiger partial charge in [0.15, 0.2) is 5.58 Å². The number of hydrogen-bond acceptors (Lipinski definition) is 3. The third-order valence-corrected chi connectivity index (χ3v) is 4.50. The minimum atomic E-state index is -4.39. The second kappa shape index (κ2) is 5.98. The van der Waals surface area contributed by atoms with Crippen LogP contribution in [0.25, 0.3) is 11.1 Å². The summed E-state index contributed by atoms with van der Waals surface area (Å²) < 4.78 is 55.1.